The van der Waals surface area contributed by atoms with Crippen LogP contribution in [0.15, 0.2) is 18.2 Å². The molecule has 1 aromatic carbocycles. The number of hydrogen-bond acceptors (Lipinski definition) is 6. The molecular formula is C36H54N2O6. The topological polar surface area (TPSA) is 116 Å². The van der Waals surface area contributed by atoms with Crippen LogP contribution < -0.4 is 5.32 Å². The minimum atomic E-state index is -0.415. The molecule has 6 unspecified atom stereocenters. The van der Waals surface area contributed by atoms with E-state index in [4.69, 9.17) is 4.74 Å². The normalized spacial score (nSPS) is 31.4. The molecule has 2 amide bonds. The van der Waals surface area contributed by atoms with Gasteiger partial charge >= 0.3 is 0 Å². The molecular weight excluding hydrogens is 556 g/mol. The van der Waals surface area contributed by atoms with Crippen LogP contribution in [0.4, 0.5) is 0 Å². The summed E-state index contributed by atoms with van der Waals surface area (Å²) in [7, 11) is 0. The predicted octanol–water partition coefficient (Wildman–Crippen LogP) is 6.26. The maximum atomic E-state index is 13.6. The van der Waals surface area contributed by atoms with Crippen molar-refractivity contribution in [2.24, 2.45) is 28.6 Å². The third-order valence-electron chi connectivity index (χ3n) is 12.6. The lowest BCUT2D eigenvalue weighted by Gasteiger charge is -2.37. The second kappa shape index (κ2) is 13.7. The van der Waals surface area contributed by atoms with Gasteiger partial charge in [0.05, 0.1) is 0 Å². The second-order valence-electron chi connectivity index (χ2n) is 15.0. The van der Waals surface area contributed by atoms with Crippen molar-refractivity contribution in [2.75, 3.05) is 6.54 Å². The van der Waals surface area contributed by atoms with Gasteiger partial charge in [0.15, 0.2) is 11.5 Å². The molecule has 4 aliphatic carbocycles. The van der Waals surface area contributed by atoms with Crippen molar-refractivity contribution in [3.8, 4) is 11.5 Å². The van der Waals surface area contributed by atoms with E-state index < -0.39 is 6.04 Å². The number of rotatable bonds is 8. The van der Waals surface area contributed by atoms with Crippen LogP contribution in [0, 0.1) is 28.6 Å². The van der Waals surface area contributed by atoms with Gasteiger partial charge in [-0.3, -0.25) is 14.4 Å². The smallest absolute Gasteiger partial charge is 0.293 e. The highest BCUT2D eigenvalue weighted by Crippen LogP contribution is 2.66. The Hall–Kier alpha value is -2.77. The van der Waals surface area contributed by atoms with Gasteiger partial charge in [-0.1, -0.05) is 58.9 Å². The van der Waals surface area contributed by atoms with Crippen molar-refractivity contribution >= 4 is 18.3 Å². The van der Waals surface area contributed by atoms with Gasteiger partial charge in [0, 0.05) is 24.4 Å². The third-order valence-corrected chi connectivity index (χ3v) is 12.6. The molecule has 5 fully saturated rings. The molecule has 6 rings (SSSR count). The molecule has 3 N–H and O–H groups in total. The van der Waals surface area contributed by atoms with E-state index in [-0.39, 0.29) is 47.2 Å². The monoisotopic (exact) mass is 610 g/mol. The molecule has 1 aromatic rings. The zero-order chi connectivity index (χ0) is 31.5. The minimum absolute atomic E-state index is 0.115. The summed E-state index contributed by atoms with van der Waals surface area (Å²) in [5.74, 6) is 1.30. The second-order valence-corrected chi connectivity index (χ2v) is 15.0. The van der Waals surface area contributed by atoms with E-state index in [0.29, 0.717) is 30.3 Å². The summed E-state index contributed by atoms with van der Waals surface area (Å²) in [4.78, 5) is 38.9. The number of carbonyl (C=O) groups excluding carboxylic acids is 3. The fourth-order valence-electron chi connectivity index (χ4n) is 9.34. The average molecular weight is 611 g/mol. The molecule has 1 saturated heterocycles. The lowest BCUT2D eigenvalue weighted by molar-refractivity contribution is -0.141. The lowest BCUT2D eigenvalue weighted by atomic mass is 9.70. The van der Waals surface area contributed by atoms with Gasteiger partial charge in [-0.05, 0) is 98.7 Å². The Bertz CT molecular complexity index is 1180. The van der Waals surface area contributed by atoms with Gasteiger partial charge in [0.1, 0.15) is 12.1 Å². The van der Waals surface area contributed by atoms with Crippen molar-refractivity contribution in [1.82, 2.24) is 10.2 Å². The molecule has 4 saturated carbocycles. The zero-order valence-electron chi connectivity index (χ0n) is 27.1. The SMILES string of the molecule is CC1(C)C2CCC1(C)C(OC=O)C2.O=C(CCc1ccc(O)c(O)c1)NC(C(=O)N1CCC2CCCCC21)C1CCCCC1. The standard InChI is InChI=1S/C25H36N2O4.C11H18O2/c28-21-12-10-17(16-22(21)29)11-13-23(30)26-24(19-7-2-1-3-8-19)25(31)27-15-14-18-6-4-5-9-20(18)27;1-10(2)8-4-5-11(10,3)9(6-8)13-7-12/h10,12,16,18-20,24,28-29H,1-9,11,13-15H2,(H,26,30);7-9H,4-6H2,1-3H3. The van der Waals surface area contributed by atoms with Crippen LogP contribution in [0.2, 0.25) is 0 Å². The molecule has 0 aromatic heterocycles. The van der Waals surface area contributed by atoms with Crippen molar-refractivity contribution in [3.05, 3.63) is 23.8 Å². The van der Waals surface area contributed by atoms with Crippen molar-refractivity contribution in [1.29, 1.82) is 0 Å². The molecule has 244 valence electrons. The number of nitrogens with zero attached hydrogens (tertiary/aromatic N) is 1. The van der Waals surface area contributed by atoms with E-state index in [1.54, 1.807) is 6.07 Å². The highest BCUT2D eigenvalue weighted by Gasteiger charge is 2.62. The number of phenolic OH excluding ortho intramolecular Hbond substituents is 2. The van der Waals surface area contributed by atoms with Crippen LogP contribution in [-0.4, -0.2) is 58.1 Å². The summed E-state index contributed by atoms with van der Waals surface area (Å²) in [6, 6.07) is 4.58. The number of amides is 2. The maximum absolute atomic E-state index is 13.6. The van der Waals surface area contributed by atoms with E-state index >= 15 is 0 Å². The summed E-state index contributed by atoms with van der Waals surface area (Å²) in [5.41, 5.74) is 1.36. The van der Waals surface area contributed by atoms with Gasteiger partial charge in [-0.25, -0.2) is 0 Å². The van der Waals surface area contributed by atoms with E-state index in [1.807, 2.05) is 0 Å². The zero-order valence-corrected chi connectivity index (χ0v) is 27.1. The molecule has 8 heteroatoms. The third kappa shape index (κ3) is 6.60. The van der Waals surface area contributed by atoms with Crippen molar-refractivity contribution in [2.45, 2.75) is 135 Å². The Kier molecular flexibility index (Phi) is 10.2. The van der Waals surface area contributed by atoms with Gasteiger partial charge < -0.3 is 25.2 Å². The quantitative estimate of drug-likeness (QED) is 0.236. The number of likely N-dealkylation sites (tertiary alicyclic amines) is 1. The van der Waals surface area contributed by atoms with E-state index in [1.165, 1.54) is 50.7 Å². The number of benzene rings is 1. The number of aryl methyl sites for hydroxylation is 1. The molecule has 0 spiro atoms. The maximum Gasteiger partial charge on any atom is 0.293 e. The number of fused-ring (bicyclic) bond motifs is 3. The Morgan fingerprint density at radius 3 is 2.39 bits per heavy atom. The molecule has 5 aliphatic rings. The fourth-order valence-corrected chi connectivity index (χ4v) is 9.34. The first kappa shape index (κ1) is 32.6. The molecule has 1 aliphatic heterocycles. The van der Waals surface area contributed by atoms with Crippen LogP contribution in [0.1, 0.15) is 116 Å². The van der Waals surface area contributed by atoms with Gasteiger partial charge in [0.2, 0.25) is 11.8 Å². The number of aromatic hydroxyl groups is 2. The number of nitrogens with one attached hydrogen (secondary N) is 1. The number of phenols is 2. The van der Waals surface area contributed by atoms with Gasteiger partial charge in [-0.15, -0.1) is 0 Å². The number of ether oxygens (including phenoxy) is 1. The summed E-state index contributed by atoms with van der Waals surface area (Å²) in [5, 5.41) is 22.2. The van der Waals surface area contributed by atoms with E-state index in [0.717, 1.165) is 63.0 Å². The molecule has 8 nitrogen and oxygen atoms in total. The van der Waals surface area contributed by atoms with Crippen LogP contribution in [0.25, 0.3) is 0 Å². The number of carbonyl (C=O) groups is 3. The molecule has 1 heterocycles. The first-order chi connectivity index (χ1) is 21.0. The van der Waals surface area contributed by atoms with E-state index in [2.05, 4.69) is 31.0 Å². The summed E-state index contributed by atoms with van der Waals surface area (Å²) < 4.78 is 5.19. The summed E-state index contributed by atoms with van der Waals surface area (Å²) >= 11 is 0. The largest absolute Gasteiger partial charge is 0.504 e. The first-order valence-corrected chi connectivity index (χ1v) is 17.2. The predicted molar refractivity (Wildman–Crippen MR) is 169 cm³/mol. The van der Waals surface area contributed by atoms with Crippen molar-refractivity contribution in [3.63, 3.8) is 0 Å². The first-order valence-electron chi connectivity index (χ1n) is 17.2. The van der Waals surface area contributed by atoms with E-state index in [9.17, 15) is 24.6 Å². The van der Waals surface area contributed by atoms with Gasteiger partial charge in [-0.2, -0.15) is 0 Å². The Labute approximate surface area is 263 Å². The summed E-state index contributed by atoms with van der Waals surface area (Å²) in [6.45, 7) is 8.36. The molecule has 2 bridgehead atoms. The Morgan fingerprint density at radius 2 is 1.73 bits per heavy atom. The van der Waals surface area contributed by atoms with Crippen LogP contribution >= 0.6 is 0 Å². The minimum Gasteiger partial charge on any atom is -0.504 e. The Morgan fingerprint density at radius 1 is 1.00 bits per heavy atom. The summed E-state index contributed by atoms with van der Waals surface area (Å²) in [6.07, 6.45) is 15.9. The highest BCUT2D eigenvalue weighted by molar-refractivity contribution is 5.88. The fraction of sp³-hybridized carbons (Fsp3) is 0.750. The molecule has 0 radical (unpaired) electrons. The van der Waals surface area contributed by atoms with Crippen molar-refractivity contribution < 1.29 is 29.3 Å². The number of hydrogen-bond donors (Lipinski definition) is 3. The Balaban J connectivity index is 0.000000245. The molecule has 44 heavy (non-hydrogen) atoms. The van der Waals surface area contributed by atoms with Crippen LogP contribution in [-0.2, 0) is 25.5 Å². The highest BCUT2D eigenvalue weighted by atomic mass is 16.5. The van der Waals surface area contributed by atoms with Crippen LogP contribution in [0.5, 0.6) is 11.5 Å². The lowest BCUT2D eigenvalue weighted by Crippen LogP contribution is -2.54. The molecule has 6 atom stereocenters. The van der Waals surface area contributed by atoms with Gasteiger partial charge in [0.25, 0.3) is 6.47 Å². The average Bonchev–Trinajstić information content (AvgIpc) is 3.61. The van der Waals surface area contributed by atoms with Crippen LogP contribution in [0.3, 0.4) is 0 Å².